The largest absolute Gasteiger partial charge is 0.481 e. The van der Waals surface area contributed by atoms with Gasteiger partial charge in [0.15, 0.2) is 0 Å². The average Bonchev–Trinajstić information content (AvgIpc) is 2.55. The highest BCUT2D eigenvalue weighted by atomic mass is 32.2. The van der Waals surface area contributed by atoms with E-state index in [-0.39, 0.29) is 17.4 Å². The molecule has 1 unspecified atom stereocenters. The number of hydrogen-bond donors (Lipinski definition) is 3. The minimum absolute atomic E-state index is 0.134. The van der Waals surface area contributed by atoms with Crippen LogP contribution in [-0.2, 0) is 14.8 Å². The summed E-state index contributed by atoms with van der Waals surface area (Å²) >= 11 is 0. The van der Waals surface area contributed by atoms with Crippen LogP contribution in [0.2, 0.25) is 0 Å². The summed E-state index contributed by atoms with van der Waals surface area (Å²) in [6.45, 7) is 2.41. The Hall–Kier alpha value is -1.48. The average molecular weight is 360 g/mol. The molecule has 138 valence electrons. The van der Waals surface area contributed by atoms with Crippen molar-refractivity contribution in [2.45, 2.75) is 43.6 Å². The van der Waals surface area contributed by atoms with Crippen LogP contribution >= 0.6 is 0 Å². The van der Waals surface area contributed by atoms with Crippen LogP contribution in [0.15, 0.2) is 35.2 Å². The van der Waals surface area contributed by atoms with Crippen LogP contribution in [-0.4, -0.2) is 55.1 Å². The van der Waals surface area contributed by atoms with Crippen molar-refractivity contribution in [1.82, 2.24) is 4.31 Å². The van der Waals surface area contributed by atoms with E-state index in [1.165, 1.54) is 4.31 Å². The molecule has 24 heavy (non-hydrogen) atoms. The molecule has 0 saturated heterocycles. The maximum absolute atomic E-state index is 12.1. The first-order valence-electron chi connectivity index (χ1n) is 7.83. The summed E-state index contributed by atoms with van der Waals surface area (Å²) in [6, 6.07) is 8.28. The maximum Gasteiger partial charge on any atom is 0.303 e. The van der Waals surface area contributed by atoms with E-state index in [0.717, 1.165) is 0 Å². The van der Waals surface area contributed by atoms with Crippen molar-refractivity contribution in [3.8, 4) is 0 Å². The Bertz CT molecular complexity index is 561. The maximum atomic E-state index is 12.1. The molecule has 0 amide bonds. The Morgan fingerprint density at radius 3 is 2.21 bits per heavy atom. The second-order valence-electron chi connectivity index (χ2n) is 5.43. The Kier molecular flexibility index (Phi) is 11.2. The van der Waals surface area contributed by atoms with E-state index in [2.05, 4.69) is 0 Å². The molecule has 0 saturated carbocycles. The fourth-order valence-electron chi connectivity index (χ4n) is 1.68. The van der Waals surface area contributed by atoms with Crippen molar-refractivity contribution >= 4 is 16.0 Å². The lowest BCUT2D eigenvalue weighted by atomic mass is 10.2. The first-order valence-corrected chi connectivity index (χ1v) is 9.27. The lowest BCUT2D eigenvalue weighted by Crippen LogP contribution is -2.27. The number of aliphatic hydroxyl groups excluding tert-OH is 1. The monoisotopic (exact) mass is 360 g/mol. The van der Waals surface area contributed by atoms with Gasteiger partial charge in [0.05, 0.1) is 11.0 Å². The normalized spacial score (nSPS) is 12.4. The zero-order valence-corrected chi connectivity index (χ0v) is 15.1. The summed E-state index contributed by atoms with van der Waals surface area (Å²) in [5.41, 5.74) is 4.92. The lowest BCUT2D eigenvalue weighted by molar-refractivity contribution is -0.137. The summed E-state index contributed by atoms with van der Waals surface area (Å²) in [5.74, 6) is -0.815. The third-order valence-electron chi connectivity index (χ3n) is 3.16. The second-order valence-corrected chi connectivity index (χ2v) is 7.47. The van der Waals surface area contributed by atoms with Gasteiger partial charge in [-0.05, 0) is 31.9 Å². The topological polar surface area (TPSA) is 121 Å². The zero-order valence-electron chi connectivity index (χ0n) is 14.3. The van der Waals surface area contributed by atoms with Crippen LogP contribution in [0.25, 0.3) is 0 Å². The summed E-state index contributed by atoms with van der Waals surface area (Å²) in [4.78, 5) is 10.6. The predicted molar refractivity (Wildman–Crippen MR) is 93.1 cm³/mol. The number of hydrogen-bond acceptors (Lipinski definition) is 5. The number of aliphatic carboxylic acids is 1. The molecule has 0 aromatic heterocycles. The first-order chi connectivity index (χ1) is 11.2. The molecule has 0 heterocycles. The van der Waals surface area contributed by atoms with Gasteiger partial charge in [-0.25, -0.2) is 12.7 Å². The molecule has 0 radical (unpaired) electrons. The Morgan fingerprint density at radius 2 is 1.75 bits per heavy atom. The molecule has 4 N–H and O–H groups in total. The van der Waals surface area contributed by atoms with Crippen LogP contribution in [0, 0.1) is 0 Å². The third-order valence-corrected chi connectivity index (χ3v) is 5.03. The van der Waals surface area contributed by atoms with Gasteiger partial charge in [0.1, 0.15) is 0 Å². The van der Waals surface area contributed by atoms with Gasteiger partial charge in [-0.2, -0.15) is 0 Å². The van der Waals surface area contributed by atoms with Gasteiger partial charge in [0, 0.05) is 26.6 Å². The van der Waals surface area contributed by atoms with E-state index in [0.29, 0.717) is 32.4 Å². The van der Waals surface area contributed by atoms with E-state index in [9.17, 15) is 13.2 Å². The lowest BCUT2D eigenvalue weighted by Gasteiger charge is -2.16. The van der Waals surface area contributed by atoms with E-state index in [4.69, 9.17) is 15.9 Å². The molecule has 0 aliphatic heterocycles. The van der Waals surface area contributed by atoms with Crippen LogP contribution < -0.4 is 5.73 Å². The highest BCUT2D eigenvalue weighted by molar-refractivity contribution is 7.89. The van der Waals surface area contributed by atoms with Gasteiger partial charge in [-0.15, -0.1) is 0 Å². The van der Waals surface area contributed by atoms with E-state index in [1.807, 2.05) is 0 Å². The standard InChI is InChI=1S/C13H19NO4S.C3H9NO/c1-14(11-7-3-6-10-13(15)16)19(17,18)12-8-4-2-5-9-12;1-3(5)2-4/h2,4-5,8-9H,3,6-7,10-11H2,1H3,(H,15,16);3,5H,2,4H2,1H3. The minimum Gasteiger partial charge on any atom is -0.481 e. The van der Waals surface area contributed by atoms with Crippen molar-refractivity contribution in [2.24, 2.45) is 5.73 Å². The molecule has 0 aliphatic rings. The number of carboxylic acids is 1. The van der Waals surface area contributed by atoms with E-state index >= 15 is 0 Å². The number of rotatable bonds is 9. The number of sulfonamides is 1. The smallest absolute Gasteiger partial charge is 0.303 e. The summed E-state index contributed by atoms with van der Waals surface area (Å²) in [5, 5.41) is 16.7. The fourth-order valence-corrected chi connectivity index (χ4v) is 2.91. The van der Waals surface area contributed by atoms with Crippen molar-refractivity contribution in [3.63, 3.8) is 0 Å². The first kappa shape index (κ1) is 22.5. The third kappa shape index (κ3) is 9.61. The quantitative estimate of drug-likeness (QED) is 0.570. The summed E-state index contributed by atoms with van der Waals surface area (Å²) in [6.07, 6.45) is 1.75. The molecule has 1 aromatic carbocycles. The SMILES string of the molecule is CC(O)CN.CN(CCCCCC(=O)O)S(=O)(=O)c1ccccc1. The van der Waals surface area contributed by atoms with Crippen LogP contribution in [0.5, 0.6) is 0 Å². The molecule has 7 nitrogen and oxygen atoms in total. The Balaban J connectivity index is 0.000000922. The molecule has 0 spiro atoms. The number of aliphatic hydroxyl groups is 1. The number of carbonyl (C=O) groups is 1. The van der Waals surface area contributed by atoms with Crippen LogP contribution in [0.3, 0.4) is 0 Å². The van der Waals surface area contributed by atoms with Crippen molar-refractivity contribution in [2.75, 3.05) is 20.1 Å². The molecule has 1 aromatic rings. The van der Waals surface area contributed by atoms with Crippen molar-refractivity contribution in [3.05, 3.63) is 30.3 Å². The molecular formula is C16H28N2O5S. The van der Waals surface area contributed by atoms with Crippen LogP contribution in [0.1, 0.15) is 32.6 Å². The number of nitrogens with two attached hydrogens (primary N) is 1. The molecular weight excluding hydrogens is 332 g/mol. The van der Waals surface area contributed by atoms with Crippen molar-refractivity contribution in [1.29, 1.82) is 0 Å². The van der Waals surface area contributed by atoms with Gasteiger partial charge < -0.3 is 15.9 Å². The predicted octanol–water partition coefficient (Wildman–Crippen LogP) is 1.28. The van der Waals surface area contributed by atoms with E-state index < -0.39 is 16.0 Å². The highest BCUT2D eigenvalue weighted by Crippen LogP contribution is 2.14. The number of unbranched alkanes of at least 4 members (excludes halogenated alkanes) is 2. The second kappa shape index (κ2) is 12.0. The molecule has 1 rings (SSSR count). The molecule has 1 atom stereocenters. The highest BCUT2D eigenvalue weighted by Gasteiger charge is 2.19. The summed E-state index contributed by atoms with van der Waals surface area (Å²) < 4.78 is 25.6. The number of nitrogens with zero attached hydrogens (tertiary/aromatic N) is 1. The Labute approximate surface area is 144 Å². The van der Waals surface area contributed by atoms with Gasteiger partial charge >= 0.3 is 5.97 Å². The van der Waals surface area contributed by atoms with Crippen LogP contribution in [0.4, 0.5) is 0 Å². The molecule has 8 heteroatoms. The zero-order chi connectivity index (χ0) is 18.6. The minimum atomic E-state index is -3.43. The van der Waals surface area contributed by atoms with Gasteiger partial charge in [0.25, 0.3) is 0 Å². The molecule has 0 fully saturated rings. The van der Waals surface area contributed by atoms with Gasteiger partial charge in [0.2, 0.25) is 10.0 Å². The van der Waals surface area contributed by atoms with Crippen molar-refractivity contribution < 1.29 is 23.4 Å². The number of carboxylic acid groups (broad SMARTS) is 1. The molecule has 0 bridgehead atoms. The van der Waals surface area contributed by atoms with E-state index in [1.54, 1.807) is 44.3 Å². The van der Waals surface area contributed by atoms with Gasteiger partial charge in [-0.3, -0.25) is 4.79 Å². The van der Waals surface area contributed by atoms with Gasteiger partial charge in [-0.1, -0.05) is 24.6 Å². The fraction of sp³-hybridized carbons (Fsp3) is 0.562. The summed E-state index contributed by atoms with van der Waals surface area (Å²) in [7, 11) is -1.88. The Morgan fingerprint density at radius 1 is 1.21 bits per heavy atom. The molecule has 0 aliphatic carbocycles. The number of benzene rings is 1.